The van der Waals surface area contributed by atoms with E-state index in [1.807, 2.05) is 31.2 Å². The Morgan fingerprint density at radius 2 is 1.89 bits per heavy atom. The van der Waals surface area contributed by atoms with E-state index in [1.165, 1.54) is 13.8 Å². The molecule has 7 heteroatoms. The summed E-state index contributed by atoms with van der Waals surface area (Å²) in [7, 11) is 0. The minimum Gasteiger partial charge on any atom is -0.351 e. The molecule has 0 radical (unpaired) electrons. The molecule has 6 nitrogen and oxygen atoms in total. The summed E-state index contributed by atoms with van der Waals surface area (Å²) in [6, 6.07) is 7.95. The van der Waals surface area contributed by atoms with E-state index in [2.05, 4.69) is 50.3 Å². The fourth-order valence-corrected chi connectivity index (χ4v) is 2.61. The summed E-state index contributed by atoms with van der Waals surface area (Å²) >= 11 is 3.42. The molecule has 146 valence electrons. The highest BCUT2D eigenvalue weighted by Crippen LogP contribution is 2.27. The average Bonchev–Trinajstić information content (AvgIpc) is 2.95. The minimum atomic E-state index is -0.174. The second kappa shape index (κ2) is 11.3. The van der Waals surface area contributed by atoms with Crippen LogP contribution in [0.1, 0.15) is 55.2 Å². The molecule has 1 heterocycles. The standard InChI is InChI=1S/C17H21BrN4O.C3H6O/c1-4-5-10-19-17(23)15-14(18)16(22-21-15)20-12(3)13-9-7-6-8-11(13)2;1-3(2)4/h6-9H,3-5,10H2,1-2H3,(H,19,23)(H2,20,21,22);1-2H3. The number of ketones is 1. The number of unbranched alkanes of at least 4 members (excludes halogenated alkanes) is 1. The molecule has 1 aromatic heterocycles. The van der Waals surface area contributed by atoms with Crippen molar-refractivity contribution < 1.29 is 9.59 Å². The predicted octanol–water partition coefficient (Wildman–Crippen LogP) is 4.69. The number of amides is 1. The molecule has 0 aliphatic rings. The molecule has 0 bridgehead atoms. The first-order chi connectivity index (χ1) is 12.8. The zero-order chi connectivity index (χ0) is 20.4. The van der Waals surface area contributed by atoms with Crippen molar-refractivity contribution in [2.24, 2.45) is 0 Å². The van der Waals surface area contributed by atoms with Crippen LogP contribution in [0.3, 0.4) is 0 Å². The maximum Gasteiger partial charge on any atom is 0.270 e. The number of H-pyrrole nitrogens is 1. The van der Waals surface area contributed by atoms with Gasteiger partial charge in [0.25, 0.3) is 5.91 Å². The van der Waals surface area contributed by atoms with Gasteiger partial charge in [-0.3, -0.25) is 9.89 Å². The Bertz CT molecular complexity index is 795. The zero-order valence-corrected chi connectivity index (χ0v) is 17.9. The first-order valence-corrected chi connectivity index (χ1v) is 9.58. The highest BCUT2D eigenvalue weighted by molar-refractivity contribution is 9.10. The Morgan fingerprint density at radius 3 is 2.48 bits per heavy atom. The summed E-state index contributed by atoms with van der Waals surface area (Å²) in [6.45, 7) is 11.9. The lowest BCUT2D eigenvalue weighted by Gasteiger charge is -2.10. The van der Waals surface area contributed by atoms with Crippen LogP contribution in [-0.2, 0) is 4.79 Å². The summed E-state index contributed by atoms with van der Waals surface area (Å²) in [5, 5.41) is 12.9. The highest BCUT2D eigenvalue weighted by atomic mass is 79.9. The minimum absolute atomic E-state index is 0.167. The Labute approximate surface area is 169 Å². The molecular formula is C20H27BrN4O2. The number of hydrogen-bond acceptors (Lipinski definition) is 4. The van der Waals surface area contributed by atoms with Crippen molar-refractivity contribution in [1.29, 1.82) is 0 Å². The number of aryl methyl sites for hydroxylation is 1. The molecule has 1 amide bonds. The summed E-state index contributed by atoms with van der Waals surface area (Å²) in [6.07, 6.45) is 1.99. The normalized spacial score (nSPS) is 9.81. The smallest absolute Gasteiger partial charge is 0.270 e. The molecule has 0 saturated heterocycles. The van der Waals surface area contributed by atoms with Gasteiger partial charge in [-0.05, 0) is 48.7 Å². The number of carbonyl (C=O) groups is 2. The van der Waals surface area contributed by atoms with E-state index in [0.29, 0.717) is 22.5 Å². The van der Waals surface area contributed by atoms with E-state index in [0.717, 1.165) is 29.7 Å². The molecular weight excluding hydrogens is 408 g/mol. The number of nitrogens with one attached hydrogen (secondary N) is 3. The highest BCUT2D eigenvalue weighted by Gasteiger charge is 2.17. The molecule has 3 N–H and O–H groups in total. The topological polar surface area (TPSA) is 86.9 Å². The number of Topliss-reactive ketones (excluding diaryl/α,β-unsaturated/α-hetero) is 1. The maximum absolute atomic E-state index is 12.1. The number of anilines is 1. The number of rotatable bonds is 7. The molecule has 27 heavy (non-hydrogen) atoms. The fourth-order valence-electron chi connectivity index (χ4n) is 2.15. The molecule has 0 atom stereocenters. The van der Waals surface area contributed by atoms with Crippen molar-refractivity contribution in [3.63, 3.8) is 0 Å². The lowest BCUT2D eigenvalue weighted by Crippen LogP contribution is -2.25. The van der Waals surface area contributed by atoms with E-state index >= 15 is 0 Å². The third kappa shape index (κ3) is 7.38. The molecule has 0 unspecified atom stereocenters. The second-order valence-corrected chi connectivity index (χ2v) is 6.99. The predicted molar refractivity (Wildman–Crippen MR) is 114 cm³/mol. The van der Waals surface area contributed by atoms with Gasteiger partial charge in [-0.1, -0.05) is 44.2 Å². The quantitative estimate of drug-likeness (QED) is 0.551. The van der Waals surface area contributed by atoms with Crippen molar-refractivity contribution in [3.8, 4) is 0 Å². The lowest BCUT2D eigenvalue weighted by atomic mass is 10.1. The number of benzene rings is 1. The van der Waals surface area contributed by atoms with Gasteiger partial charge in [-0.25, -0.2) is 0 Å². The Hall–Kier alpha value is -2.41. The van der Waals surface area contributed by atoms with E-state index in [-0.39, 0.29) is 11.7 Å². The van der Waals surface area contributed by atoms with Crippen molar-refractivity contribution in [2.75, 3.05) is 11.9 Å². The van der Waals surface area contributed by atoms with Crippen LogP contribution in [0.15, 0.2) is 35.3 Å². The van der Waals surface area contributed by atoms with Crippen LogP contribution in [0.5, 0.6) is 0 Å². The van der Waals surface area contributed by atoms with E-state index in [4.69, 9.17) is 0 Å². The van der Waals surface area contributed by atoms with Crippen LogP contribution in [-0.4, -0.2) is 28.4 Å². The Kier molecular flexibility index (Phi) is 9.50. The van der Waals surface area contributed by atoms with Gasteiger partial charge >= 0.3 is 0 Å². The zero-order valence-electron chi connectivity index (χ0n) is 16.3. The van der Waals surface area contributed by atoms with Crippen LogP contribution in [0, 0.1) is 6.92 Å². The van der Waals surface area contributed by atoms with Crippen LogP contribution < -0.4 is 10.6 Å². The Balaban J connectivity index is 0.000000828. The SMILES string of the molecule is C=C(Nc1n[nH]c(C(=O)NCCCC)c1Br)c1ccccc1C.CC(C)=O. The van der Waals surface area contributed by atoms with Crippen molar-refractivity contribution in [2.45, 2.75) is 40.5 Å². The molecule has 2 aromatic rings. The largest absolute Gasteiger partial charge is 0.351 e. The number of hydrogen-bond donors (Lipinski definition) is 3. The third-order valence-corrected chi connectivity index (χ3v) is 4.26. The third-order valence-electron chi connectivity index (χ3n) is 3.49. The van der Waals surface area contributed by atoms with Crippen LogP contribution in [0.25, 0.3) is 5.70 Å². The average molecular weight is 435 g/mol. The number of carbonyl (C=O) groups excluding carboxylic acids is 2. The van der Waals surface area contributed by atoms with Crippen LogP contribution in [0.2, 0.25) is 0 Å². The summed E-state index contributed by atoms with van der Waals surface area (Å²) < 4.78 is 0.598. The molecule has 0 spiro atoms. The monoisotopic (exact) mass is 434 g/mol. The molecule has 0 saturated carbocycles. The first kappa shape index (κ1) is 22.6. The van der Waals surface area contributed by atoms with E-state index in [9.17, 15) is 9.59 Å². The summed E-state index contributed by atoms with van der Waals surface area (Å²) in [4.78, 5) is 21.5. The number of halogens is 1. The molecule has 0 aliphatic carbocycles. The first-order valence-electron chi connectivity index (χ1n) is 8.79. The van der Waals surface area contributed by atoms with Gasteiger partial charge in [-0.15, -0.1) is 0 Å². The fraction of sp³-hybridized carbons (Fsp3) is 0.350. The van der Waals surface area contributed by atoms with Crippen LogP contribution >= 0.6 is 15.9 Å². The van der Waals surface area contributed by atoms with Gasteiger partial charge in [-0.2, -0.15) is 5.10 Å². The van der Waals surface area contributed by atoms with Gasteiger partial charge in [0, 0.05) is 17.8 Å². The van der Waals surface area contributed by atoms with E-state index < -0.39 is 0 Å². The number of aromatic amines is 1. The molecule has 0 fully saturated rings. The number of nitrogens with zero attached hydrogens (tertiary/aromatic N) is 1. The molecule has 0 aliphatic heterocycles. The summed E-state index contributed by atoms with van der Waals surface area (Å²) in [5.41, 5.74) is 3.26. The van der Waals surface area contributed by atoms with Gasteiger partial charge in [0.15, 0.2) is 5.82 Å². The molecule has 2 rings (SSSR count). The van der Waals surface area contributed by atoms with Gasteiger partial charge in [0.2, 0.25) is 0 Å². The Morgan fingerprint density at radius 1 is 1.26 bits per heavy atom. The van der Waals surface area contributed by atoms with Gasteiger partial charge < -0.3 is 15.4 Å². The van der Waals surface area contributed by atoms with Crippen LogP contribution in [0.4, 0.5) is 5.82 Å². The van der Waals surface area contributed by atoms with Crippen molar-refractivity contribution in [1.82, 2.24) is 15.5 Å². The van der Waals surface area contributed by atoms with Crippen molar-refractivity contribution in [3.05, 3.63) is 52.1 Å². The van der Waals surface area contributed by atoms with E-state index in [1.54, 1.807) is 0 Å². The van der Waals surface area contributed by atoms with Gasteiger partial charge in [0.05, 0.1) is 4.47 Å². The lowest BCUT2D eigenvalue weighted by molar-refractivity contribution is -0.115. The number of aromatic nitrogens is 2. The van der Waals surface area contributed by atoms with Gasteiger partial charge in [0.1, 0.15) is 11.5 Å². The van der Waals surface area contributed by atoms with Crippen molar-refractivity contribution >= 4 is 39.1 Å². The second-order valence-electron chi connectivity index (χ2n) is 6.20. The molecule has 1 aromatic carbocycles. The summed E-state index contributed by atoms with van der Waals surface area (Å²) in [5.74, 6) is 0.534. The maximum atomic E-state index is 12.1.